The molecule has 3 rings (SSSR count). The molecule has 0 aliphatic carbocycles. The second-order valence-corrected chi connectivity index (χ2v) is 6.04. The third kappa shape index (κ3) is 3.45. The summed E-state index contributed by atoms with van der Waals surface area (Å²) in [5.41, 5.74) is 5.56. The fourth-order valence-electron chi connectivity index (χ4n) is 3.05. The fourth-order valence-corrected chi connectivity index (χ4v) is 3.05. The maximum Gasteiger partial charge on any atom is 0.0399 e. The molecule has 2 heteroatoms. The Hall–Kier alpha value is -1.80. The summed E-state index contributed by atoms with van der Waals surface area (Å²) in [4.78, 5) is 5.08. The van der Waals surface area contributed by atoms with Gasteiger partial charge in [0.05, 0.1) is 0 Å². The SMILES string of the molecule is Cc1ccc(C)c(N2CCN(Cc3ccccc3)CC2)c1. The molecule has 2 nitrogen and oxygen atoms in total. The summed E-state index contributed by atoms with van der Waals surface area (Å²) in [6.07, 6.45) is 0. The van der Waals surface area contributed by atoms with E-state index in [2.05, 4.69) is 72.2 Å². The molecule has 0 radical (unpaired) electrons. The van der Waals surface area contributed by atoms with Crippen LogP contribution in [0.4, 0.5) is 5.69 Å². The average Bonchev–Trinajstić information content (AvgIpc) is 2.52. The van der Waals surface area contributed by atoms with E-state index >= 15 is 0 Å². The monoisotopic (exact) mass is 280 g/mol. The van der Waals surface area contributed by atoms with E-state index in [0.717, 1.165) is 32.7 Å². The van der Waals surface area contributed by atoms with Crippen molar-refractivity contribution in [3.05, 3.63) is 65.2 Å². The first-order valence-corrected chi connectivity index (χ1v) is 7.81. The van der Waals surface area contributed by atoms with Gasteiger partial charge in [-0.3, -0.25) is 4.90 Å². The first kappa shape index (κ1) is 14.2. The minimum Gasteiger partial charge on any atom is -0.369 e. The van der Waals surface area contributed by atoms with Crippen molar-refractivity contribution < 1.29 is 0 Å². The minimum absolute atomic E-state index is 1.07. The van der Waals surface area contributed by atoms with E-state index < -0.39 is 0 Å². The quantitative estimate of drug-likeness (QED) is 0.847. The normalized spacial score (nSPS) is 16.2. The minimum atomic E-state index is 1.07. The zero-order chi connectivity index (χ0) is 14.7. The third-order valence-corrected chi connectivity index (χ3v) is 4.33. The highest BCUT2D eigenvalue weighted by Crippen LogP contribution is 2.23. The number of aryl methyl sites for hydroxylation is 2. The Morgan fingerprint density at radius 1 is 0.857 bits per heavy atom. The Kier molecular flexibility index (Phi) is 4.26. The molecule has 2 aromatic carbocycles. The van der Waals surface area contributed by atoms with Gasteiger partial charge in [0.15, 0.2) is 0 Å². The zero-order valence-corrected chi connectivity index (χ0v) is 13.0. The molecule has 21 heavy (non-hydrogen) atoms. The van der Waals surface area contributed by atoms with Gasteiger partial charge < -0.3 is 4.90 Å². The van der Waals surface area contributed by atoms with Gasteiger partial charge in [-0.25, -0.2) is 0 Å². The lowest BCUT2D eigenvalue weighted by Gasteiger charge is -2.37. The van der Waals surface area contributed by atoms with Gasteiger partial charge in [-0.15, -0.1) is 0 Å². The predicted octanol–water partition coefficient (Wildman–Crippen LogP) is 3.63. The maximum absolute atomic E-state index is 2.55. The van der Waals surface area contributed by atoms with E-state index in [1.165, 1.54) is 22.4 Å². The van der Waals surface area contributed by atoms with E-state index in [-0.39, 0.29) is 0 Å². The Labute approximate surface area is 128 Å². The second-order valence-electron chi connectivity index (χ2n) is 6.04. The summed E-state index contributed by atoms with van der Waals surface area (Å²) in [6, 6.07) is 17.5. The first-order valence-electron chi connectivity index (χ1n) is 7.81. The smallest absolute Gasteiger partial charge is 0.0399 e. The van der Waals surface area contributed by atoms with E-state index in [9.17, 15) is 0 Å². The van der Waals surface area contributed by atoms with Crippen molar-refractivity contribution in [1.29, 1.82) is 0 Å². The summed E-state index contributed by atoms with van der Waals surface area (Å²) < 4.78 is 0. The molecule has 0 aromatic heterocycles. The summed E-state index contributed by atoms with van der Waals surface area (Å²) in [7, 11) is 0. The van der Waals surface area contributed by atoms with Crippen LogP contribution in [0.25, 0.3) is 0 Å². The summed E-state index contributed by atoms with van der Waals surface area (Å²) in [6.45, 7) is 9.99. The Balaban J connectivity index is 1.61. The molecular weight excluding hydrogens is 256 g/mol. The highest BCUT2D eigenvalue weighted by molar-refractivity contribution is 5.55. The Morgan fingerprint density at radius 2 is 1.57 bits per heavy atom. The number of hydrogen-bond donors (Lipinski definition) is 0. The Morgan fingerprint density at radius 3 is 2.29 bits per heavy atom. The maximum atomic E-state index is 2.55. The van der Waals surface area contributed by atoms with E-state index in [1.807, 2.05) is 0 Å². The highest BCUT2D eigenvalue weighted by Gasteiger charge is 2.18. The standard InChI is InChI=1S/C19H24N2/c1-16-8-9-17(2)19(14-16)21-12-10-20(11-13-21)15-18-6-4-3-5-7-18/h3-9,14H,10-13,15H2,1-2H3. The first-order chi connectivity index (χ1) is 10.2. The highest BCUT2D eigenvalue weighted by atomic mass is 15.3. The van der Waals surface area contributed by atoms with Crippen molar-refractivity contribution in [2.45, 2.75) is 20.4 Å². The number of nitrogens with zero attached hydrogens (tertiary/aromatic N) is 2. The molecule has 0 N–H and O–H groups in total. The van der Waals surface area contributed by atoms with Crippen LogP contribution in [0.1, 0.15) is 16.7 Å². The van der Waals surface area contributed by atoms with Crippen LogP contribution >= 0.6 is 0 Å². The van der Waals surface area contributed by atoms with E-state index in [1.54, 1.807) is 0 Å². The number of hydrogen-bond acceptors (Lipinski definition) is 2. The molecule has 1 heterocycles. The molecule has 0 saturated carbocycles. The molecule has 1 fully saturated rings. The number of anilines is 1. The van der Waals surface area contributed by atoms with Crippen molar-refractivity contribution in [3.8, 4) is 0 Å². The Bertz CT molecular complexity index is 584. The van der Waals surface area contributed by atoms with Gasteiger partial charge >= 0.3 is 0 Å². The molecule has 0 amide bonds. The van der Waals surface area contributed by atoms with Gasteiger partial charge in [-0.2, -0.15) is 0 Å². The van der Waals surface area contributed by atoms with Crippen LogP contribution in [0.15, 0.2) is 48.5 Å². The van der Waals surface area contributed by atoms with Crippen LogP contribution in [0, 0.1) is 13.8 Å². The van der Waals surface area contributed by atoms with Gasteiger partial charge in [0.25, 0.3) is 0 Å². The van der Waals surface area contributed by atoms with Crippen LogP contribution in [0.3, 0.4) is 0 Å². The lowest BCUT2D eigenvalue weighted by Crippen LogP contribution is -2.46. The van der Waals surface area contributed by atoms with Gasteiger partial charge in [0.2, 0.25) is 0 Å². The van der Waals surface area contributed by atoms with Crippen molar-refractivity contribution in [2.75, 3.05) is 31.1 Å². The van der Waals surface area contributed by atoms with Crippen molar-refractivity contribution in [2.24, 2.45) is 0 Å². The zero-order valence-electron chi connectivity index (χ0n) is 13.0. The van der Waals surface area contributed by atoms with Gasteiger partial charge in [0.1, 0.15) is 0 Å². The van der Waals surface area contributed by atoms with E-state index in [0.29, 0.717) is 0 Å². The molecule has 0 atom stereocenters. The second kappa shape index (κ2) is 6.31. The summed E-state index contributed by atoms with van der Waals surface area (Å²) >= 11 is 0. The lowest BCUT2D eigenvalue weighted by atomic mass is 10.1. The molecule has 0 bridgehead atoms. The van der Waals surface area contributed by atoms with Crippen molar-refractivity contribution >= 4 is 5.69 Å². The predicted molar refractivity (Wildman–Crippen MR) is 89.8 cm³/mol. The van der Waals surface area contributed by atoms with Crippen LogP contribution in [0.2, 0.25) is 0 Å². The van der Waals surface area contributed by atoms with Crippen LogP contribution < -0.4 is 4.90 Å². The largest absolute Gasteiger partial charge is 0.369 e. The van der Waals surface area contributed by atoms with Crippen LogP contribution in [0.5, 0.6) is 0 Å². The fraction of sp³-hybridized carbons (Fsp3) is 0.368. The molecule has 110 valence electrons. The van der Waals surface area contributed by atoms with Crippen LogP contribution in [-0.2, 0) is 6.54 Å². The van der Waals surface area contributed by atoms with Crippen molar-refractivity contribution in [3.63, 3.8) is 0 Å². The van der Waals surface area contributed by atoms with Gasteiger partial charge in [-0.05, 0) is 36.6 Å². The number of rotatable bonds is 3. The third-order valence-electron chi connectivity index (χ3n) is 4.33. The molecule has 0 spiro atoms. The molecule has 1 saturated heterocycles. The molecule has 0 unspecified atom stereocenters. The van der Waals surface area contributed by atoms with Gasteiger partial charge in [0, 0.05) is 38.4 Å². The number of piperazine rings is 1. The number of benzene rings is 2. The molecule has 1 aliphatic rings. The molecule has 2 aromatic rings. The average molecular weight is 280 g/mol. The van der Waals surface area contributed by atoms with Crippen molar-refractivity contribution in [1.82, 2.24) is 4.90 Å². The van der Waals surface area contributed by atoms with Gasteiger partial charge in [-0.1, -0.05) is 42.5 Å². The lowest BCUT2D eigenvalue weighted by molar-refractivity contribution is 0.250. The van der Waals surface area contributed by atoms with Crippen LogP contribution in [-0.4, -0.2) is 31.1 Å². The summed E-state index contributed by atoms with van der Waals surface area (Å²) in [5, 5.41) is 0. The topological polar surface area (TPSA) is 6.48 Å². The molecule has 1 aliphatic heterocycles. The molecular formula is C19H24N2. The van der Waals surface area contributed by atoms with E-state index in [4.69, 9.17) is 0 Å². The summed E-state index contributed by atoms with van der Waals surface area (Å²) in [5.74, 6) is 0.